The average molecular weight is 347 g/mol. The monoisotopic (exact) mass is 347 g/mol. The molecule has 3 rings (SSSR count). The fraction of sp³-hybridized carbons (Fsp3) is 0.316. The number of halogens is 2. The Labute approximate surface area is 145 Å². The number of allylic oxidation sites excluding steroid dienone is 3. The number of rotatable bonds is 6. The summed E-state index contributed by atoms with van der Waals surface area (Å²) in [5.74, 6) is 0.0549. The molecule has 0 saturated carbocycles. The van der Waals surface area contributed by atoms with Crippen LogP contribution in [0.1, 0.15) is 32.3 Å². The highest BCUT2D eigenvalue weighted by Crippen LogP contribution is 2.41. The molecule has 0 fully saturated rings. The van der Waals surface area contributed by atoms with Gasteiger partial charge in [-0.1, -0.05) is 24.1 Å². The SMILES string of the molecule is CCCC1=C2C(OC)=CC=C[N+]2(OCc2c(F)cccc2F)C(C)=N1. The zero-order valence-electron chi connectivity index (χ0n) is 14.6. The first-order valence-electron chi connectivity index (χ1n) is 8.23. The maximum absolute atomic E-state index is 14.0. The number of nitrogens with zero attached hydrogens (tertiary/aromatic N) is 2. The van der Waals surface area contributed by atoms with E-state index < -0.39 is 11.6 Å². The van der Waals surface area contributed by atoms with E-state index in [4.69, 9.17) is 9.57 Å². The van der Waals surface area contributed by atoms with E-state index in [2.05, 4.69) is 11.9 Å². The Kier molecular flexibility index (Phi) is 4.83. The molecule has 1 aromatic rings. The van der Waals surface area contributed by atoms with E-state index in [9.17, 15) is 8.78 Å². The van der Waals surface area contributed by atoms with Gasteiger partial charge in [0.05, 0.1) is 12.7 Å². The quantitative estimate of drug-likeness (QED) is 0.698. The van der Waals surface area contributed by atoms with E-state index in [0.29, 0.717) is 11.6 Å². The number of amidine groups is 1. The van der Waals surface area contributed by atoms with Gasteiger partial charge >= 0.3 is 0 Å². The van der Waals surface area contributed by atoms with Crippen molar-refractivity contribution in [1.29, 1.82) is 0 Å². The van der Waals surface area contributed by atoms with Crippen LogP contribution in [-0.2, 0) is 16.2 Å². The molecule has 2 aliphatic rings. The van der Waals surface area contributed by atoms with Gasteiger partial charge in [-0.05, 0) is 30.7 Å². The minimum absolute atomic E-state index is 0.104. The normalized spacial score (nSPS) is 22.0. The molecule has 0 radical (unpaired) electrons. The molecule has 2 aliphatic heterocycles. The summed E-state index contributed by atoms with van der Waals surface area (Å²) in [5, 5.41) is 0. The predicted octanol–water partition coefficient (Wildman–Crippen LogP) is 4.71. The van der Waals surface area contributed by atoms with Crippen LogP contribution < -0.4 is 0 Å². The minimum Gasteiger partial charge on any atom is -0.491 e. The third-order valence-corrected chi connectivity index (χ3v) is 4.34. The molecule has 6 heteroatoms. The number of hydroxylamine groups is 3. The zero-order valence-corrected chi connectivity index (χ0v) is 14.6. The van der Waals surface area contributed by atoms with Crippen molar-refractivity contribution < 1.29 is 23.0 Å². The standard InChI is InChI=1S/C19H21F2N2O2/c1-4-7-17-19-18(24-3)10-6-11-23(19,13(2)22-17)25-12-14-15(20)8-5-9-16(14)21/h5-6,8-11H,4,7,12H2,1-3H3/q+1. The van der Waals surface area contributed by atoms with Crippen molar-refractivity contribution in [2.75, 3.05) is 7.11 Å². The molecule has 0 bridgehead atoms. The van der Waals surface area contributed by atoms with E-state index in [1.54, 1.807) is 19.4 Å². The molecular weight excluding hydrogens is 326 g/mol. The average Bonchev–Trinajstić information content (AvgIpc) is 2.87. The Hall–Kier alpha value is -2.31. The van der Waals surface area contributed by atoms with Crippen molar-refractivity contribution in [2.24, 2.45) is 4.99 Å². The van der Waals surface area contributed by atoms with Crippen molar-refractivity contribution in [1.82, 2.24) is 0 Å². The van der Waals surface area contributed by atoms with Gasteiger partial charge in [0.15, 0.2) is 5.76 Å². The number of quaternary nitrogens is 1. The van der Waals surface area contributed by atoms with Crippen LogP contribution in [0.5, 0.6) is 0 Å². The first-order chi connectivity index (χ1) is 12.0. The lowest BCUT2D eigenvalue weighted by Crippen LogP contribution is -2.45. The summed E-state index contributed by atoms with van der Waals surface area (Å²) >= 11 is 0. The van der Waals surface area contributed by atoms with Gasteiger partial charge in [-0.2, -0.15) is 9.83 Å². The lowest BCUT2D eigenvalue weighted by Gasteiger charge is -2.31. The highest BCUT2D eigenvalue weighted by molar-refractivity contribution is 5.78. The molecular formula is C19H21F2N2O2+. The number of aliphatic imine (C=N–C) groups is 1. The summed E-state index contributed by atoms with van der Waals surface area (Å²) in [6.07, 6.45) is 7.12. The number of fused-ring (bicyclic) bond motifs is 1. The molecule has 0 N–H and O–H groups in total. The number of hydrogen-bond donors (Lipinski definition) is 0. The van der Waals surface area contributed by atoms with Gasteiger partial charge in [-0.3, -0.25) is 0 Å². The second kappa shape index (κ2) is 6.90. The Bertz CT molecular complexity index is 791. The summed E-state index contributed by atoms with van der Waals surface area (Å²) < 4.78 is 33.3. The van der Waals surface area contributed by atoms with Crippen molar-refractivity contribution in [3.63, 3.8) is 0 Å². The molecule has 1 aromatic carbocycles. The van der Waals surface area contributed by atoms with Crippen molar-refractivity contribution >= 4 is 5.84 Å². The molecule has 4 nitrogen and oxygen atoms in total. The van der Waals surface area contributed by atoms with Crippen molar-refractivity contribution in [2.45, 2.75) is 33.3 Å². The Morgan fingerprint density at radius 2 is 1.92 bits per heavy atom. The number of ether oxygens (including phenoxy) is 1. The van der Waals surface area contributed by atoms with Crippen LogP contribution in [0.15, 0.2) is 58.7 Å². The molecule has 0 amide bonds. The molecule has 1 unspecified atom stereocenters. The second-order valence-corrected chi connectivity index (χ2v) is 5.91. The van der Waals surface area contributed by atoms with Crippen LogP contribution in [0.2, 0.25) is 0 Å². The maximum Gasteiger partial charge on any atom is 0.243 e. The lowest BCUT2D eigenvalue weighted by atomic mass is 10.1. The predicted molar refractivity (Wildman–Crippen MR) is 90.7 cm³/mol. The lowest BCUT2D eigenvalue weighted by molar-refractivity contribution is -0.966. The van der Waals surface area contributed by atoms with Gasteiger partial charge < -0.3 is 4.74 Å². The summed E-state index contributed by atoms with van der Waals surface area (Å²) in [7, 11) is 1.58. The van der Waals surface area contributed by atoms with Crippen LogP contribution in [-0.4, -0.2) is 17.6 Å². The fourth-order valence-corrected chi connectivity index (χ4v) is 3.11. The van der Waals surface area contributed by atoms with Gasteiger partial charge in [0.2, 0.25) is 11.5 Å². The fourth-order valence-electron chi connectivity index (χ4n) is 3.11. The van der Waals surface area contributed by atoms with Crippen LogP contribution in [0.4, 0.5) is 8.78 Å². The first kappa shape index (κ1) is 17.5. The van der Waals surface area contributed by atoms with E-state index in [1.165, 1.54) is 18.2 Å². The van der Waals surface area contributed by atoms with Crippen LogP contribution in [0.25, 0.3) is 0 Å². The van der Waals surface area contributed by atoms with Gasteiger partial charge in [0, 0.05) is 6.92 Å². The molecule has 0 aromatic heterocycles. The Balaban J connectivity index is 1.99. The van der Waals surface area contributed by atoms with Gasteiger partial charge in [0.1, 0.15) is 30.1 Å². The highest BCUT2D eigenvalue weighted by atomic mass is 19.1. The maximum atomic E-state index is 14.0. The third kappa shape index (κ3) is 2.92. The molecule has 0 saturated heterocycles. The summed E-state index contributed by atoms with van der Waals surface area (Å²) in [6, 6.07) is 3.78. The summed E-state index contributed by atoms with van der Waals surface area (Å²) in [5.41, 5.74) is 1.53. The Morgan fingerprint density at radius 1 is 1.20 bits per heavy atom. The molecule has 132 valence electrons. The number of hydrogen-bond acceptors (Lipinski definition) is 3. The molecule has 1 atom stereocenters. The van der Waals surface area contributed by atoms with Gasteiger partial charge in [-0.15, -0.1) is 0 Å². The largest absolute Gasteiger partial charge is 0.491 e. The van der Waals surface area contributed by atoms with E-state index in [0.717, 1.165) is 24.2 Å². The second-order valence-electron chi connectivity index (χ2n) is 5.91. The van der Waals surface area contributed by atoms with Crippen molar-refractivity contribution in [3.05, 3.63) is 70.9 Å². The molecule has 2 heterocycles. The van der Waals surface area contributed by atoms with E-state index in [1.807, 2.05) is 13.0 Å². The first-order valence-corrected chi connectivity index (χ1v) is 8.23. The highest BCUT2D eigenvalue weighted by Gasteiger charge is 2.49. The number of benzene rings is 1. The van der Waals surface area contributed by atoms with Crippen molar-refractivity contribution in [3.8, 4) is 0 Å². The minimum atomic E-state index is -0.630. The smallest absolute Gasteiger partial charge is 0.243 e. The molecule has 25 heavy (non-hydrogen) atoms. The van der Waals surface area contributed by atoms with E-state index >= 15 is 0 Å². The van der Waals surface area contributed by atoms with Crippen LogP contribution in [0.3, 0.4) is 0 Å². The summed E-state index contributed by atoms with van der Waals surface area (Å²) in [4.78, 5) is 10.7. The summed E-state index contributed by atoms with van der Waals surface area (Å²) in [6.45, 7) is 3.68. The molecule has 0 spiro atoms. The van der Waals surface area contributed by atoms with Gasteiger partial charge in [-0.25, -0.2) is 8.78 Å². The van der Waals surface area contributed by atoms with E-state index in [-0.39, 0.29) is 16.8 Å². The van der Waals surface area contributed by atoms with Gasteiger partial charge in [0.25, 0.3) is 0 Å². The molecule has 0 aliphatic carbocycles. The third-order valence-electron chi connectivity index (χ3n) is 4.34. The Morgan fingerprint density at radius 3 is 2.56 bits per heavy atom. The number of methoxy groups -OCH3 is 1. The van der Waals surface area contributed by atoms with Crippen LogP contribution >= 0.6 is 0 Å². The topological polar surface area (TPSA) is 30.8 Å². The zero-order chi connectivity index (χ0) is 18.0. The van der Waals surface area contributed by atoms with Crippen LogP contribution in [0, 0.1) is 11.6 Å².